The van der Waals surface area contributed by atoms with Gasteiger partial charge in [-0.25, -0.2) is 0 Å². The molecule has 19 heavy (non-hydrogen) atoms. The Hall–Kier alpha value is -1.06. The molecule has 0 bridgehead atoms. The summed E-state index contributed by atoms with van der Waals surface area (Å²) in [4.78, 5) is 2.43. The van der Waals surface area contributed by atoms with Crippen LogP contribution in [0.1, 0.15) is 38.7 Å². The van der Waals surface area contributed by atoms with E-state index in [0.717, 1.165) is 32.7 Å². The molecule has 1 unspecified atom stereocenters. The Kier molecular flexibility index (Phi) is 4.48. The van der Waals surface area contributed by atoms with E-state index in [1.807, 2.05) is 0 Å². The molecule has 0 fully saturated rings. The van der Waals surface area contributed by atoms with E-state index in [2.05, 4.69) is 49.9 Å². The highest BCUT2D eigenvalue weighted by Crippen LogP contribution is 2.37. The lowest BCUT2D eigenvalue weighted by molar-refractivity contribution is 0.00143. The first kappa shape index (κ1) is 14.4. The van der Waals surface area contributed by atoms with Gasteiger partial charge in [0, 0.05) is 24.7 Å². The van der Waals surface area contributed by atoms with Crippen molar-refractivity contribution in [2.24, 2.45) is 5.73 Å². The van der Waals surface area contributed by atoms with Crippen molar-refractivity contribution in [1.29, 1.82) is 0 Å². The summed E-state index contributed by atoms with van der Waals surface area (Å²) in [7, 11) is 0. The maximum Gasteiger partial charge on any atom is 0.0648 e. The molecule has 0 aromatic heterocycles. The average Bonchev–Trinajstić information content (AvgIpc) is 2.68. The summed E-state index contributed by atoms with van der Waals surface area (Å²) >= 11 is 0. The van der Waals surface area contributed by atoms with E-state index in [0.29, 0.717) is 5.92 Å². The highest BCUT2D eigenvalue weighted by Gasteiger charge is 2.27. The molecule has 0 saturated carbocycles. The lowest BCUT2D eigenvalue weighted by Gasteiger charge is -2.24. The lowest BCUT2D eigenvalue weighted by Crippen LogP contribution is -2.30. The molecular weight excluding hydrogens is 236 g/mol. The van der Waals surface area contributed by atoms with Crippen LogP contribution in [0.4, 0.5) is 5.69 Å². The highest BCUT2D eigenvalue weighted by atomic mass is 16.5. The van der Waals surface area contributed by atoms with Gasteiger partial charge in [-0.15, -0.1) is 0 Å². The molecule has 0 radical (unpaired) electrons. The van der Waals surface area contributed by atoms with Crippen LogP contribution in [-0.2, 0) is 4.74 Å². The number of fused-ring (bicyclic) bond motifs is 1. The van der Waals surface area contributed by atoms with Crippen molar-refractivity contribution in [3.63, 3.8) is 0 Å². The SMILES string of the molecule is CC(C)(C)OCCN1CC(CCN)c2ccccc21. The maximum atomic E-state index is 5.84. The van der Waals surface area contributed by atoms with Gasteiger partial charge in [-0.1, -0.05) is 18.2 Å². The first-order chi connectivity index (χ1) is 9.01. The van der Waals surface area contributed by atoms with E-state index in [4.69, 9.17) is 10.5 Å². The molecule has 0 spiro atoms. The first-order valence-electron chi connectivity index (χ1n) is 7.19. The number of nitrogens with two attached hydrogens (primary N) is 1. The normalized spacial score (nSPS) is 18.7. The van der Waals surface area contributed by atoms with Gasteiger partial charge in [0.2, 0.25) is 0 Å². The molecule has 106 valence electrons. The van der Waals surface area contributed by atoms with Crippen molar-refractivity contribution >= 4 is 5.69 Å². The minimum atomic E-state index is -0.0596. The average molecular weight is 262 g/mol. The van der Waals surface area contributed by atoms with Gasteiger partial charge in [-0.05, 0) is 45.4 Å². The van der Waals surface area contributed by atoms with Gasteiger partial charge < -0.3 is 15.4 Å². The van der Waals surface area contributed by atoms with Gasteiger partial charge in [0.25, 0.3) is 0 Å². The molecule has 1 aliphatic rings. The molecule has 1 aromatic carbocycles. The standard InChI is InChI=1S/C16H26N2O/c1-16(2,3)19-11-10-18-12-13(8-9-17)14-6-4-5-7-15(14)18/h4-7,13H,8-12,17H2,1-3H3. The zero-order valence-corrected chi connectivity index (χ0v) is 12.4. The second kappa shape index (κ2) is 5.93. The van der Waals surface area contributed by atoms with E-state index >= 15 is 0 Å². The number of hydrogen-bond acceptors (Lipinski definition) is 3. The molecule has 1 aromatic rings. The molecular formula is C16H26N2O. The van der Waals surface area contributed by atoms with Crippen molar-refractivity contribution in [3.8, 4) is 0 Å². The number of nitrogens with zero attached hydrogens (tertiary/aromatic N) is 1. The van der Waals surface area contributed by atoms with Gasteiger partial charge >= 0.3 is 0 Å². The summed E-state index contributed by atoms with van der Waals surface area (Å²) < 4.78 is 5.84. The van der Waals surface area contributed by atoms with Crippen LogP contribution in [0.3, 0.4) is 0 Å². The van der Waals surface area contributed by atoms with Crippen LogP contribution in [0.5, 0.6) is 0 Å². The van der Waals surface area contributed by atoms with Crippen LogP contribution in [0.25, 0.3) is 0 Å². The third kappa shape index (κ3) is 3.71. The largest absolute Gasteiger partial charge is 0.374 e. The molecule has 0 amide bonds. The number of ether oxygens (including phenoxy) is 1. The van der Waals surface area contributed by atoms with Crippen LogP contribution >= 0.6 is 0 Å². The van der Waals surface area contributed by atoms with Crippen LogP contribution in [0, 0.1) is 0 Å². The number of para-hydroxylation sites is 1. The van der Waals surface area contributed by atoms with Crippen molar-refractivity contribution in [2.75, 3.05) is 31.1 Å². The Morgan fingerprint density at radius 1 is 1.32 bits per heavy atom. The molecule has 3 nitrogen and oxygen atoms in total. The molecule has 2 N–H and O–H groups in total. The molecule has 1 aliphatic heterocycles. The summed E-state index contributed by atoms with van der Waals surface area (Å²) in [5.41, 5.74) is 8.47. The predicted molar refractivity (Wildman–Crippen MR) is 80.8 cm³/mol. The Morgan fingerprint density at radius 2 is 2.05 bits per heavy atom. The summed E-state index contributed by atoms with van der Waals surface area (Å²) in [5.74, 6) is 0.579. The lowest BCUT2D eigenvalue weighted by atomic mass is 9.98. The van der Waals surface area contributed by atoms with Crippen molar-refractivity contribution in [1.82, 2.24) is 0 Å². The van der Waals surface area contributed by atoms with Gasteiger partial charge in [-0.2, -0.15) is 0 Å². The Labute approximate surface area is 116 Å². The smallest absolute Gasteiger partial charge is 0.0648 e. The second-order valence-electron chi connectivity index (χ2n) is 6.24. The van der Waals surface area contributed by atoms with Crippen LogP contribution in [-0.4, -0.2) is 31.8 Å². The predicted octanol–water partition coefficient (Wildman–Crippen LogP) is 2.75. The zero-order chi connectivity index (χ0) is 13.9. The summed E-state index contributed by atoms with van der Waals surface area (Å²) in [5, 5.41) is 0. The van der Waals surface area contributed by atoms with E-state index in [1.165, 1.54) is 11.3 Å². The van der Waals surface area contributed by atoms with E-state index in [-0.39, 0.29) is 5.60 Å². The third-order valence-electron chi connectivity index (χ3n) is 3.57. The Bertz CT molecular complexity index is 411. The Balaban J connectivity index is 1.99. The van der Waals surface area contributed by atoms with Crippen LogP contribution < -0.4 is 10.6 Å². The minimum absolute atomic E-state index is 0.0596. The van der Waals surface area contributed by atoms with E-state index in [9.17, 15) is 0 Å². The molecule has 2 rings (SSSR count). The van der Waals surface area contributed by atoms with Crippen molar-refractivity contribution in [3.05, 3.63) is 29.8 Å². The van der Waals surface area contributed by atoms with Gasteiger partial charge in [-0.3, -0.25) is 0 Å². The highest BCUT2D eigenvalue weighted by molar-refractivity contribution is 5.60. The van der Waals surface area contributed by atoms with Crippen LogP contribution in [0.15, 0.2) is 24.3 Å². The second-order valence-corrected chi connectivity index (χ2v) is 6.24. The number of rotatable bonds is 5. The summed E-state index contributed by atoms with van der Waals surface area (Å²) in [6.45, 7) is 9.85. The number of benzene rings is 1. The molecule has 0 aliphatic carbocycles. The van der Waals surface area contributed by atoms with Crippen LogP contribution in [0.2, 0.25) is 0 Å². The fourth-order valence-corrected chi connectivity index (χ4v) is 2.71. The Morgan fingerprint density at radius 3 is 2.74 bits per heavy atom. The van der Waals surface area contributed by atoms with Gasteiger partial charge in [0.15, 0.2) is 0 Å². The first-order valence-corrected chi connectivity index (χ1v) is 7.19. The van der Waals surface area contributed by atoms with E-state index in [1.54, 1.807) is 0 Å². The van der Waals surface area contributed by atoms with Gasteiger partial charge in [0.05, 0.1) is 12.2 Å². The summed E-state index contributed by atoms with van der Waals surface area (Å²) in [6, 6.07) is 8.68. The molecule has 1 atom stereocenters. The molecule has 1 heterocycles. The number of hydrogen-bond donors (Lipinski definition) is 1. The monoisotopic (exact) mass is 262 g/mol. The topological polar surface area (TPSA) is 38.5 Å². The van der Waals surface area contributed by atoms with Crippen molar-refractivity contribution < 1.29 is 4.74 Å². The molecule has 0 saturated heterocycles. The minimum Gasteiger partial charge on any atom is -0.374 e. The maximum absolute atomic E-state index is 5.84. The zero-order valence-electron chi connectivity index (χ0n) is 12.4. The third-order valence-corrected chi connectivity index (χ3v) is 3.57. The fraction of sp³-hybridized carbons (Fsp3) is 0.625. The van der Waals surface area contributed by atoms with E-state index < -0.39 is 0 Å². The van der Waals surface area contributed by atoms with Crippen molar-refractivity contribution in [2.45, 2.75) is 38.7 Å². The number of anilines is 1. The molecule has 3 heteroatoms. The quantitative estimate of drug-likeness (QED) is 0.886. The fourth-order valence-electron chi connectivity index (χ4n) is 2.71. The summed E-state index contributed by atoms with van der Waals surface area (Å²) in [6.07, 6.45) is 1.06. The van der Waals surface area contributed by atoms with Gasteiger partial charge in [0.1, 0.15) is 0 Å².